The van der Waals surface area contributed by atoms with E-state index in [4.69, 9.17) is 16.3 Å². The molecule has 0 spiro atoms. The lowest BCUT2D eigenvalue weighted by Gasteiger charge is -2.14. The van der Waals surface area contributed by atoms with Gasteiger partial charge in [0.25, 0.3) is 5.91 Å². The van der Waals surface area contributed by atoms with Gasteiger partial charge in [-0.15, -0.1) is 0 Å². The first-order valence-corrected chi connectivity index (χ1v) is 7.87. The van der Waals surface area contributed by atoms with Crippen LogP contribution in [-0.4, -0.2) is 23.1 Å². The zero-order valence-corrected chi connectivity index (χ0v) is 14.1. The van der Waals surface area contributed by atoms with Gasteiger partial charge in [-0.05, 0) is 49.2 Å². The van der Waals surface area contributed by atoms with Gasteiger partial charge in [-0.25, -0.2) is 4.79 Å². The molecule has 2 aromatic carbocycles. The SMILES string of the molecule is CCc1ccc(NC(=O)[C@@H](C)OC(=O)c2cc(Cl)ccc2O)cc1. The number of anilines is 1. The Bertz CT molecular complexity index is 743. The number of nitrogens with one attached hydrogen (secondary N) is 1. The highest BCUT2D eigenvalue weighted by molar-refractivity contribution is 6.31. The molecule has 5 nitrogen and oxygen atoms in total. The Morgan fingerprint density at radius 3 is 2.50 bits per heavy atom. The van der Waals surface area contributed by atoms with Crippen LogP contribution >= 0.6 is 11.6 Å². The Kier molecular flexibility index (Phi) is 5.82. The number of ether oxygens (including phenoxy) is 1. The van der Waals surface area contributed by atoms with E-state index in [-0.39, 0.29) is 16.3 Å². The van der Waals surface area contributed by atoms with Crippen molar-refractivity contribution in [1.29, 1.82) is 0 Å². The number of rotatable bonds is 5. The summed E-state index contributed by atoms with van der Waals surface area (Å²) < 4.78 is 5.08. The molecule has 2 aromatic rings. The van der Waals surface area contributed by atoms with Crippen LogP contribution < -0.4 is 5.32 Å². The molecule has 0 bridgehead atoms. The van der Waals surface area contributed by atoms with Crippen molar-refractivity contribution in [3.63, 3.8) is 0 Å². The highest BCUT2D eigenvalue weighted by atomic mass is 35.5. The summed E-state index contributed by atoms with van der Waals surface area (Å²) in [5.41, 5.74) is 1.68. The summed E-state index contributed by atoms with van der Waals surface area (Å²) in [6.07, 6.45) is -0.118. The normalized spacial score (nSPS) is 11.6. The molecular formula is C18H18ClNO4. The second-order valence-electron chi connectivity index (χ2n) is 5.25. The molecule has 0 radical (unpaired) electrons. The molecule has 0 aliphatic rings. The molecule has 0 heterocycles. The molecule has 2 N–H and O–H groups in total. The molecule has 1 amide bonds. The van der Waals surface area contributed by atoms with Crippen molar-refractivity contribution in [2.75, 3.05) is 5.32 Å². The van der Waals surface area contributed by atoms with Crippen LogP contribution in [0.4, 0.5) is 5.69 Å². The highest BCUT2D eigenvalue weighted by Crippen LogP contribution is 2.22. The second kappa shape index (κ2) is 7.84. The largest absolute Gasteiger partial charge is 0.507 e. The predicted molar refractivity (Wildman–Crippen MR) is 92.4 cm³/mol. The lowest BCUT2D eigenvalue weighted by molar-refractivity contribution is -0.123. The number of aryl methyl sites for hydroxylation is 1. The molecule has 1 atom stereocenters. The first-order valence-electron chi connectivity index (χ1n) is 7.50. The molecule has 0 unspecified atom stereocenters. The zero-order valence-electron chi connectivity index (χ0n) is 13.4. The molecule has 0 fully saturated rings. The van der Waals surface area contributed by atoms with E-state index in [0.29, 0.717) is 5.69 Å². The fraction of sp³-hybridized carbons (Fsp3) is 0.222. The fourth-order valence-electron chi connectivity index (χ4n) is 2.02. The Labute approximate surface area is 145 Å². The molecule has 2 rings (SSSR count). The number of carbonyl (C=O) groups excluding carboxylic acids is 2. The molecule has 0 aliphatic carbocycles. The lowest BCUT2D eigenvalue weighted by atomic mass is 10.1. The van der Waals surface area contributed by atoms with Crippen molar-refractivity contribution in [1.82, 2.24) is 0 Å². The van der Waals surface area contributed by atoms with E-state index in [1.165, 1.54) is 25.1 Å². The summed E-state index contributed by atoms with van der Waals surface area (Å²) in [5.74, 6) is -1.54. The minimum absolute atomic E-state index is 0.0885. The number of hydrogen-bond donors (Lipinski definition) is 2. The lowest BCUT2D eigenvalue weighted by Crippen LogP contribution is -2.30. The van der Waals surface area contributed by atoms with Crippen LogP contribution in [0.1, 0.15) is 29.8 Å². The number of aromatic hydroxyl groups is 1. The summed E-state index contributed by atoms with van der Waals surface area (Å²) in [5, 5.41) is 12.6. The van der Waals surface area contributed by atoms with Crippen LogP contribution in [0.15, 0.2) is 42.5 Å². The van der Waals surface area contributed by atoms with Crippen LogP contribution in [0, 0.1) is 0 Å². The number of carbonyl (C=O) groups is 2. The highest BCUT2D eigenvalue weighted by Gasteiger charge is 2.21. The number of halogens is 1. The molecule has 6 heteroatoms. The van der Waals surface area contributed by atoms with Crippen LogP contribution in [0.5, 0.6) is 5.75 Å². The quantitative estimate of drug-likeness (QED) is 0.807. The van der Waals surface area contributed by atoms with Crippen LogP contribution in [0.3, 0.4) is 0 Å². The van der Waals surface area contributed by atoms with Gasteiger partial charge < -0.3 is 15.2 Å². The smallest absolute Gasteiger partial charge is 0.342 e. The third-order valence-electron chi connectivity index (χ3n) is 3.46. The summed E-state index contributed by atoms with van der Waals surface area (Å²) >= 11 is 5.79. The number of benzene rings is 2. The van der Waals surface area contributed by atoms with E-state index in [1.807, 2.05) is 19.1 Å². The molecule has 0 aromatic heterocycles. The first kappa shape index (κ1) is 17.8. The monoisotopic (exact) mass is 347 g/mol. The third kappa shape index (κ3) is 4.49. The van der Waals surface area contributed by atoms with Gasteiger partial charge in [0, 0.05) is 10.7 Å². The van der Waals surface area contributed by atoms with E-state index < -0.39 is 18.0 Å². The molecule has 0 aliphatic heterocycles. The van der Waals surface area contributed by atoms with Gasteiger partial charge in [0.2, 0.25) is 0 Å². The topological polar surface area (TPSA) is 75.6 Å². The summed E-state index contributed by atoms with van der Waals surface area (Å²) in [4.78, 5) is 24.2. The van der Waals surface area contributed by atoms with E-state index in [0.717, 1.165) is 12.0 Å². The van der Waals surface area contributed by atoms with Gasteiger partial charge in [-0.3, -0.25) is 4.79 Å². The van der Waals surface area contributed by atoms with Crippen molar-refractivity contribution in [3.05, 3.63) is 58.6 Å². The van der Waals surface area contributed by atoms with Gasteiger partial charge in [0.15, 0.2) is 6.10 Å². The maximum absolute atomic E-state index is 12.1. The van der Waals surface area contributed by atoms with E-state index in [2.05, 4.69) is 5.32 Å². The first-order chi connectivity index (χ1) is 11.4. The molecule has 0 saturated heterocycles. The average molecular weight is 348 g/mol. The Morgan fingerprint density at radius 2 is 1.88 bits per heavy atom. The van der Waals surface area contributed by atoms with Crippen molar-refractivity contribution >= 4 is 29.2 Å². The number of phenolic OH excluding ortho intramolecular Hbond substituents is 1. The Morgan fingerprint density at radius 1 is 1.21 bits per heavy atom. The summed E-state index contributed by atoms with van der Waals surface area (Å²) in [6.45, 7) is 3.50. The van der Waals surface area contributed by atoms with Gasteiger partial charge >= 0.3 is 5.97 Å². The van der Waals surface area contributed by atoms with Gasteiger partial charge in [-0.1, -0.05) is 30.7 Å². The Hall–Kier alpha value is -2.53. The maximum atomic E-state index is 12.1. The number of phenols is 1. The van der Waals surface area contributed by atoms with Crippen molar-refractivity contribution < 1.29 is 19.4 Å². The van der Waals surface area contributed by atoms with E-state index in [1.54, 1.807) is 12.1 Å². The Balaban J connectivity index is 2.00. The third-order valence-corrected chi connectivity index (χ3v) is 3.70. The molecule has 24 heavy (non-hydrogen) atoms. The number of esters is 1. The molecule has 126 valence electrons. The fourth-order valence-corrected chi connectivity index (χ4v) is 2.19. The summed E-state index contributed by atoms with van der Waals surface area (Å²) in [6, 6.07) is 11.4. The number of amides is 1. The van der Waals surface area contributed by atoms with Gasteiger partial charge in [0.05, 0.1) is 0 Å². The second-order valence-corrected chi connectivity index (χ2v) is 5.69. The predicted octanol–water partition coefficient (Wildman–Crippen LogP) is 3.79. The van der Waals surface area contributed by atoms with Crippen LogP contribution in [0.2, 0.25) is 5.02 Å². The minimum Gasteiger partial charge on any atom is -0.507 e. The van der Waals surface area contributed by atoms with Crippen molar-refractivity contribution in [3.8, 4) is 5.75 Å². The van der Waals surface area contributed by atoms with Crippen molar-refractivity contribution in [2.24, 2.45) is 0 Å². The zero-order chi connectivity index (χ0) is 17.7. The number of hydrogen-bond acceptors (Lipinski definition) is 4. The van der Waals surface area contributed by atoms with Crippen LogP contribution in [-0.2, 0) is 16.0 Å². The minimum atomic E-state index is -1.03. The molecule has 0 saturated carbocycles. The van der Waals surface area contributed by atoms with Crippen molar-refractivity contribution in [2.45, 2.75) is 26.4 Å². The van der Waals surface area contributed by atoms with Gasteiger partial charge in [-0.2, -0.15) is 0 Å². The van der Waals surface area contributed by atoms with Gasteiger partial charge in [0.1, 0.15) is 11.3 Å². The van der Waals surface area contributed by atoms with E-state index in [9.17, 15) is 14.7 Å². The maximum Gasteiger partial charge on any atom is 0.342 e. The summed E-state index contributed by atoms with van der Waals surface area (Å²) in [7, 11) is 0. The average Bonchev–Trinajstić information content (AvgIpc) is 2.57. The molecular weight excluding hydrogens is 330 g/mol. The van der Waals surface area contributed by atoms with Crippen LogP contribution in [0.25, 0.3) is 0 Å². The standard InChI is InChI=1S/C18H18ClNO4/c1-3-12-4-7-14(8-5-12)20-17(22)11(2)24-18(23)15-10-13(19)6-9-16(15)21/h4-11,21H,3H2,1-2H3,(H,20,22)/t11-/m1/s1. The van der Waals surface area contributed by atoms with E-state index >= 15 is 0 Å².